The minimum atomic E-state index is -4.54. The van der Waals surface area contributed by atoms with Gasteiger partial charge in [-0.15, -0.1) is 0 Å². The minimum absolute atomic E-state index is 0.0576. The van der Waals surface area contributed by atoms with E-state index in [0.29, 0.717) is 11.9 Å². The maximum Gasteiger partial charge on any atom is 0.417 e. The standard InChI is InChI=1S/C13H8Cl2F3N3OS/c14-8-4-7(21-12(19)23)1-2-10(8)22-11-9(15)3-6(5-20-11)13(16,17)18/h1-5H,(H3,19,21,23). The van der Waals surface area contributed by atoms with Crippen LogP contribution in [0.5, 0.6) is 11.6 Å². The third kappa shape index (κ3) is 4.60. The molecule has 1 heterocycles. The van der Waals surface area contributed by atoms with E-state index < -0.39 is 11.7 Å². The van der Waals surface area contributed by atoms with E-state index in [9.17, 15) is 13.2 Å². The van der Waals surface area contributed by atoms with Crippen molar-refractivity contribution in [1.29, 1.82) is 0 Å². The third-order valence-corrected chi connectivity index (χ3v) is 3.21. The van der Waals surface area contributed by atoms with E-state index in [1.54, 1.807) is 6.07 Å². The number of alkyl halides is 3. The first-order valence-electron chi connectivity index (χ1n) is 5.93. The number of aromatic nitrogens is 1. The summed E-state index contributed by atoms with van der Waals surface area (Å²) in [6.45, 7) is 0. The largest absolute Gasteiger partial charge is 0.436 e. The fourth-order valence-corrected chi connectivity index (χ4v) is 2.11. The first-order chi connectivity index (χ1) is 10.7. The van der Waals surface area contributed by atoms with Crippen molar-refractivity contribution in [3.8, 4) is 11.6 Å². The topological polar surface area (TPSA) is 60.2 Å². The van der Waals surface area contributed by atoms with Crippen molar-refractivity contribution in [3.63, 3.8) is 0 Å². The molecule has 2 rings (SSSR count). The molecule has 1 aromatic carbocycles. The SMILES string of the molecule is NC(=S)Nc1ccc(Oc2ncc(C(F)(F)F)cc2Cl)c(Cl)c1. The monoisotopic (exact) mass is 381 g/mol. The van der Waals surface area contributed by atoms with Crippen molar-refractivity contribution in [3.05, 3.63) is 46.1 Å². The Bertz CT molecular complexity index is 756. The maximum atomic E-state index is 12.6. The van der Waals surface area contributed by atoms with E-state index in [1.165, 1.54) is 12.1 Å². The zero-order valence-electron chi connectivity index (χ0n) is 11.1. The highest BCUT2D eigenvalue weighted by Crippen LogP contribution is 2.36. The molecule has 2 aromatic rings. The average Bonchev–Trinajstić information content (AvgIpc) is 2.42. The Balaban J connectivity index is 2.24. The number of pyridine rings is 1. The molecule has 3 N–H and O–H groups in total. The summed E-state index contributed by atoms with van der Waals surface area (Å²) in [5.41, 5.74) is 4.89. The number of nitrogens with one attached hydrogen (secondary N) is 1. The van der Waals surface area contributed by atoms with Gasteiger partial charge in [-0.25, -0.2) is 4.98 Å². The summed E-state index contributed by atoms with van der Waals surface area (Å²) in [4.78, 5) is 3.56. The Morgan fingerprint density at radius 1 is 1.22 bits per heavy atom. The molecule has 0 saturated heterocycles. The van der Waals surface area contributed by atoms with Crippen LogP contribution in [0.1, 0.15) is 5.56 Å². The predicted molar refractivity (Wildman–Crippen MR) is 86.2 cm³/mol. The second-order valence-corrected chi connectivity index (χ2v) is 5.50. The zero-order valence-corrected chi connectivity index (χ0v) is 13.4. The van der Waals surface area contributed by atoms with Crippen LogP contribution in [0.3, 0.4) is 0 Å². The zero-order chi connectivity index (χ0) is 17.2. The fraction of sp³-hybridized carbons (Fsp3) is 0.0769. The summed E-state index contributed by atoms with van der Waals surface area (Å²) in [5.74, 6) is -0.0362. The van der Waals surface area contributed by atoms with Crippen LogP contribution in [-0.2, 0) is 6.18 Å². The van der Waals surface area contributed by atoms with Crippen molar-refractivity contribution < 1.29 is 17.9 Å². The van der Waals surface area contributed by atoms with Crippen LogP contribution in [0.2, 0.25) is 10.0 Å². The van der Waals surface area contributed by atoms with Gasteiger partial charge in [-0.1, -0.05) is 23.2 Å². The van der Waals surface area contributed by atoms with Crippen molar-refractivity contribution in [1.82, 2.24) is 4.98 Å². The normalized spacial score (nSPS) is 11.2. The first-order valence-corrected chi connectivity index (χ1v) is 7.10. The molecule has 0 fully saturated rings. The van der Waals surface area contributed by atoms with Crippen LogP contribution in [0, 0.1) is 0 Å². The molecule has 0 saturated carbocycles. The van der Waals surface area contributed by atoms with Crippen molar-refractivity contribution >= 4 is 46.2 Å². The molecule has 0 bridgehead atoms. The predicted octanol–water partition coefficient (Wildman–Crippen LogP) is 4.86. The highest BCUT2D eigenvalue weighted by Gasteiger charge is 2.31. The van der Waals surface area contributed by atoms with Crippen LogP contribution in [0.4, 0.5) is 18.9 Å². The number of anilines is 1. The fourth-order valence-electron chi connectivity index (χ4n) is 1.56. The van der Waals surface area contributed by atoms with Crippen molar-refractivity contribution in [2.45, 2.75) is 6.18 Å². The van der Waals surface area contributed by atoms with Gasteiger partial charge in [0.1, 0.15) is 10.8 Å². The molecule has 0 aliphatic heterocycles. The Labute approximate surface area is 144 Å². The van der Waals surface area contributed by atoms with Gasteiger partial charge >= 0.3 is 6.18 Å². The molecule has 122 valence electrons. The molecule has 4 nitrogen and oxygen atoms in total. The Kier molecular flexibility index (Phi) is 5.18. The van der Waals surface area contributed by atoms with Crippen molar-refractivity contribution in [2.75, 3.05) is 5.32 Å². The lowest BCUT2D eigenvalue weighted by Crippen LogP contribution is -2.18. The number of nitrogens with zero attached hydrogens (tertiary/aromatic N) is 1. The van der Waals surface area contributed by atoms with Gasteiger partial charge in [0.2, 0.25) is 5.88 Å². The van der Waals surface area contributed by atoms with E-state index in [4.69, 9.17) is 45.9 Å². The molecule has 0 radical (unpaired) electrons. The van der Waals surface area contributed by atoms with Crippen LogP contribution in [0.25, 0.3) is 0 Å². The van der Waals surface area contributed by atoms with Gasteiger partial charge in [0.25, 0.3) is 0 Å². The molecule has 1 aromatic heterocycles. The number of nitrogens with two attached hydrogens (primary N) is 1. The summed E-state index contributed by atoms with van der Waals surface area (Å²) in [6, 6.07) is 5.24. The van der Waals surface area contributed by atoms with Gasteiger partial charge < -0.3 is 15.8 Å². The molecule has 0 aliphatic carbocycles. The number of halogens is 5. The smallest absolute Gasteiger partial charge is 0.417 e. The molecule has 0 spiro atoms. The summed E-state index contributed by atoms with van der Waals surface area (Å²) < 4.78 is 43.0. The average molecular weight is 382 g/mol. The van der Waals surface area contributed by atoms with Gasteiger partial charge in [0.15, 0.2) is 5.11 Å². The first kappa shape index (κ1) is 17.6. The quantitative estimate of drug-likeness (QED) is 0.743. The lowest BCUT2D eigenvalue weighted by Gasteiger charge is -2.12. The highest BCUT2D eigenvalue weighted by molar-refractivity contribution is 7.80. The second kappa shape index (κ2) is 6.77. The number of ether oxygens (including phenoxy) is 1. The van der Waals surface area contributed by atoms with Gasteiger partial charge in [-0.3, -0.25) is 0 Å². The Morgan fingerprint density at radius 2 is 1.91 bits per heavy atom. The maximum absolute atomic E-state index is 12.6. The molecule has 0 amide bonds. The van der Waals surface area contributed by atoms with Crippen LogP contribution in [-0.4, -0.2) is 10.1 Å². The second-order valence-electron chi connectivity index (χ2n) is 4.25. The van der Waals surface area contributed by atoms with Gasteiger partial charge in [-0.2, -0.15) is 13.2 Å². The van der Waals surface area contributed by atoms with E-state index in [0.717, 1.165) is 6.07 Å². The molecular formula is C13H8Cl2F3N3OS. The van der Waals surface area contributed by atoms with Gasteiger partial charge in [0.05, 0.1) is 10.6 Å². The summed E-state index contributed by atoms with van der Waals surface area (Å²) in [6.07, 6.45) is -3.92. The number of hydrogen-bond acceptors (Lipinski definition) is 3. The lowest BCUT2D eigenvalue weighted by atomic mass is 10.3. The van der Waals surface area contributed by atoms with Crippen LogP contribution >= 0.6 is 35.4 Å². The Hall–Kier alpha value is -1.77. The minimum Gasteiger partial charge on any atom is -0.436 e. The van der Waals surface area contributed by atoms with E-state index >= 15 is 0 Å². The van der Waals surface area contributed by atoms with Gasteiger partial charge in [0, 0.05) is 11.9 Å². The lowest BCUT2D eigenvalue weighted by molar-refractivity contribution is -0.137. The molecule has 0 atom stereocenters. The Morgan fingerprint density at radius 3 is 2.43 bits per heavy atom. The van der Waals surface area contributed by atoms with Crippen LogP contribution in [0.15, 0.2) is 30.5 Å². The molecule has 23 heavy (non-hydrogen) atoms. The summed E-state index contributed by atoms with van der Waals surface area (Å²) >= 11 is 16.5. The van der Waals surface area contributed by atoms with Crippen molar-refractivity contribution in [2.24, 2.45) is 5.73 Å². The van der Waals surface area contributed by atoms with E-state index in [-0.39, 0.29) is 26.8 Å². The number of hydrogen-bond donors (Lipinski definition) is 2. The third-order valence-electron chi connectivity index (χ3n) is 2.54. The molecular weight excluding hydrogens is 374 g/mol. The highest BCUT2D eigenvalue weighted by atomic mass is 35.5. The van der Waals surface area contributed by atoms with E-state index in [2.05, 4.69) is 10.3 Å². The molecule has 0 aliphatic rings. The van der Waals surface area contributed by atoms with Gasteiger partial charge in [-0.05, 0) is 36.5 Å². The summed E-state index contributed by atoms with van der Waals surface area (Å²) in [5, 5.41) is 2.61. The number of rotatable bonds is 3. The molecule has 10 heteroatoms. The van der Waals surface area contributed by atoms with Crippen LogP contribution < -0.4 is 15.8 Å². The molecule has 0 unspecified atom stereocenters. The number of benzene rings is 1. The number of thiocarbonyl (C=S) groups is 1. The van der Waals surface area contributed by atoms with E-state index in [1.807, 2.05) is 0 Å². The summed E-state index contributed by atoms with van der Waals surface area (Å²) in [7, 11) is 0.